The highest BCUT2D eigenvalue weighted by Gasteiger charge is 2.24. The highest BCUT2D eigenvalue weighted by atomic mass is 35.5. The van der Waals surface area contributed by atoms with E-state index in [9.17, 15) is 5.26 Å². The summed E-state index contributed by atoms with van der Waals surface area (Å²) >= 11 is 12.2. The molecule has 11 heteroatoms. The summed E-state index contributed by atoms with van der Waals surface area (Å²) in [4.78, 5) is 2.08. The van der Waals surface area contributed by atoms with Gasteiger partial charge in [0.25, 0.3) is 0 Å². The second-order valence-corrected chi connectivity index (χ2v) is 20.2. The number of nitriles is 2. The highest BCUT2D eigenvalue weighted by molar-refractivity contribution is 6.71. The number of nitrogens with zero attached hydrogens (tertiary/aromatic N) is 8. The van der Waals surface area contributed by atoms with E-state index in [0.717, 1.165) is 50.8 Å². The van der Waals surface area contributed by atoms with Crippen LogP contribution >= 0.6 is 23.2 Å². The standard InChI is InChI=1S/C28H28N4.C16H11Cl2N3.C12H19N.C8H11N/c1-18(2)23-11-8-12-24(19(3)4)26(23)32-27(22-15-13-21(17-29)14-16-22)30-31-28(32)25-10-7-6-9-20(25)5;1-11-4-2-3-5-14(11)16(18)21-20-15(17)13-8-6-12(10-19)7-9-13;1-8(2)10-6-5-7-11(9(3)4)12(10)13;1-9(2)8-6-4-3-5-7-8/h6-16,18-19H,1-5H3;2-9H,1H3;5-9H,13H2,1-4H3;3-7H,1-2H3/b;20-15-,21-16-;;. The zero-order chi connectivity index (χ0) is 54.8. The molecule has 1 aromatic heterocycles. The van der Waals surface area contributed by atoms with Gasteiger partial charge in [-0.05, 0) is 119 Å². The molecule has 0 aliphatic rings. The van der Waals surface area contributed by atoms with Crippen molar-refractivity contribution < 1.29 is 0 Å². The van der Waals surface area contributed by atoms with Crippen LogP contribution in [0, 0.1) is 36.5 Å². The van der Waals surface area contributed by atoms with Gasteiger partial charge in [-0.25, -0.2) is 0 Å². The molecule has 384 valence electrons. The summed E-state index contributed by atoms with van der Waals surface area (Å²) in [7, 11) is 4.07. The number of nitrogen functional groups attached to an aromatic ring is 1. The van der Waals surface area contributed by atoms with Gasteiger partial charge in [-0.3, -0.25) is 4.57 Å². The molecular formula is C64H69Cl2N9. The van der Waals surface area contributed by atoms with E-state index in [2.05, 4.69) is 154 Å². The SMILES string of the molecule is CC(C)c1cccc(C(C)C)c1N.CN(C)c1ccccc1.Cc1ccccc1-c1nnc(-c2ccc(C#N)cc2)n1-c1c(C(C)C)cccc1C(C)C.Cc1ccccc1/C(Cl)=N/N=C(\Cl)c1ccc(C#N)cc1. The van der Waals surface area contributed by atoms with Crippen LogP contribution in [0.1, 0.15) is 135 Å². The van der Waals surface area contributed by atoms with Gasteiger partial charge in [-0.15, -0.1) is 20.4 Å². The molecule has 0 spiro atoms. The first-order valence-electron chi connectivity index (χ1n) is 25.2. The molecule has 9 nitrogen and oxygen atoms in total. The number of aryl methyl sites for hydroxylation is 2. The van der Waals surface area contributed by atoms with Crippen molar-refractivity contribution in [1.82, 2.24) is 14.8 Å². The van der Waals surface area contributed by atoms with Crippen molar-refractivity contribution >= 4 is 44.9 Å². The first-order valence-corrected chi connectivity index (χ1v) is 25.9. The fraction of sp³-hybridized carbons (Fsp3) is 0.250. The molecular weight excluding hydrogens is 966 g/mol. The molecule has 0 aliphatic heterocycles. The van der Waals surface area contributed by atoms with Crippen LogP contribution in [0.2, 0.25) is 0 Å². The number of hydrogen-bond donors (Lipinski definition) is 1. The molecule has 0 atom stereocenters. The third kappa shape index (κ3) is 15.6. The first-order chi connectivity index (χ1) is 35.9. The summed E-state index contributed by atoms with van der Waals surface area (Å²) in [6.45, 7) is 21.7. The minimum Gasteiger partial charge on any atom is -0.398 e. The quantitative estimate of drug-likeness (QED) is 0.0779. The Hall–Kier alpha value is -7.82. The van der Waals surface area contributed by atoms with Crippen LogP contribution in [0.4, 0.5) is 11.4 Å². The van der Waals surface area contributed by atoms with E-state index < -0.39 is 0 Å². The Labute approximate surface area is 455 Å². The lowest BCUT2D eigenvalue weighted by Crippen LogP contribution is -2.10. The lowest BCUT2D eigenvalue weighted by atomic mass is 9.92. The summed E-state index contributed by atoms with van der Waals surface area (Å²) in [5, 5.41) is 35.7. The van der Waals surface area contributed by atoms with Gasteiger partial charge in [-0.2, -0.15) is 10.5 Å². The largest absolute Gasteiger partial charge is 0.398 e. The van der Waals surface area contributed by atoms with E-state index in [4.69, 9.17) is 39.3 Å². The second-order valence-electron chi connectivity index (χ2n) is 19.5. The van der Waals surface area contributed by atoms with E-state index in [1.165, 1.54) is 27.9 Å². The Balaban J connectivity index is 0.000000206. The number of aromatic nitrogens is 3. The Morgan fingerprint density at radius 2 is 0.960 bits per heavy atom. The van der Waals surface area contributed by atoms with Crippen LogP contribution in [0.5, 0.6) is 0 Å². The Kier molecular flexibility index (Phi) is 21.7. The molecule has 1 heterocycles. The molecule has 0 radical (unpaired) electrons. The van der Waals surface area contributed by atoms with Gasteiger partial charge in [0, 0.05) is 47.7 Å². The lowest BCUT2D eigenvalue weighted by molar-refractivity contribution is 0.807. The van der Waals surface area contributed by atoms with Crippen molar-refractivity contribution in [2.45, 2.75) is 92.9 Å². The number of anilines is 2. The molecule has 75 heavy (non-hydrogen) atoms. The lowest BCUT2D eigenvalue weighted by Gasteiger charge is -2.23. The fourth-order valence-electron chi connectivity index (χ4n) is 8.17. The van der Waals surface area contributed by atoms with Crippen molar-refractivity contribution in [3.63, 3.8) is 0 Å². The van der Waals surface area contributed by atoms with Crippen molar-refractivity contribution in [3.8, 4) is 40.6 Å². The first kappa shape index (κ1) is 58.1. The van der Waals surface area contributed by atoms with Crippen molar-refractivity contribution in [2.75, 3.05) is 24.7 Å². The summed E-state index contributed by atoms with van der Waals surface area (Å²) in [5.41, 5.74) is 21.4. The molecule has 7 aromatic carbocycles. The molecule has 0 bridgehead atoms. The number of rotatable bonds is 11. The molecule has 0 saturated carbocycles. The molecule has 0 amide bonds. The second kappa shape index (κ2) is 28.0. The maximum Gasteiger partial charge on any atom is 0.169 e. The Morgan fingerprint density at radius 1 is 0.520 bits per heavy atom. The zero-order valence-electron chi connectivity index (χ0n) is 45.3. The Bertz CT molecular complexity index is 3210. The predicted molar refractivity (Wildman–Crippen MR) is 317 cm³/mol. The van der Waals surface area contributed by atoms with Crippen molar-refractivity contribution in [1.29, 1.82) is 10.5 Å². The molecule has 0 aliphatic carbocycles. The molecule has 8 rings (SSSR count). The van der Waals surface area contributed by atoms with Crippen LogP contribution in [0.15, 0.2) is 174 Å². The number of para-hydroxylation sites is 3. The fourth-order valence-corrected chi connectivity index (χ4v) is 8.58. The molecule has 0 unspecified atom stereocenters. The van der Waals surface area contributed by atoms with E-state index in [1.807, 2.05) is 106 Å². The van der Waals surface area contributed by atoms with E-state index in [0.29, 0.717) is 40.4 Å². The normalized spacial score (nSPS) is 11.2. The van der Waals surface area contributed by atoms with Crippen LogP contribution < -0.4 is 10.6 Å². The summed E-state index contributed by atoms with van der Waals surface area (Å²) in [6, 6.07) is 57.6. The van der Waals surface area contributed by atoms with Gasteiger partial charge in [0.05, 0.1) is 29.0 Å². The highest BCUT2D eigenvalue weighted by Crippen LogP contribution is 2.38. The van der Waals surface area contributed by atoms with Gasteiger partial charge in [0.1, 0.15) is 0 Å². The van der Waals surface area contributed by atoms with Gasteiger partial charge in [0.15, 0.2) is 22.0 Å². The number of benzene rings is 7. The van der Waals surface area contributed by atoms with E-state index in [1.54, 1.807) is 24.3 Å². The average molecular weight is 1040 g/mol. The minimum atomic E-state index is 0.214. The third-order valence-electron chi connectivity index (χ3n) is 12.4. The number of halogens is 2. The van der Waals surface area contributed by atoms with Crippen LogP contribution in [0.3, 0.4) is 0 Å². The van der Waals surface area contributed by atoms with Crippen LogP contribution in [0.25, 0.3) is 28.5 Å². The minimum absolute atomic E-state index is 0.214. The van der Waals surface area contributed by atoms with E-state index >= 15 is 0 Å². The summed E-state index contributed by atoms with van der Waals surface area (Å²) in [6.07, 6.45) is 0. The van der Waals surface area contributed by atoms with Gasteiger partial charge in [0.2, 0.25) is 0 Å². The van der Waals surface area contributed by atoms with Gasteiger partial charge < -0.3 is 10.6 Å². The monoisotopic (exact) mass is 1030 g/mol. The number of hydrogen-bond acceptors (Lipinski definition) is 8. The topological polar surface area (TPSA) is 132 Å². The predicted octanol–water partition coefficient (Wildman–Crippen LogP) is 16.7. The van der Waals surface area contributed by atoms with Gasteiger partial charge in [-0.1, -0.05) is 194 Å². The maximum absolute atomic E-state index is 9.23. The van der Waals surface area contributed by atoms with Crippen LogP contribution in [-0.2, 0) is 0 Å². The van der Waals surface area contributed by atoms with Crippen molar-refractivity contribution in [3.05, 3.63) is 219 Å². The van der Waals surface area contributed by atoms with E-state index in [-0.39, 0.29) is 10.3 Å². The number of nitrogens with two attached hydrogens (primary N) is 1. The molecule has 0 fully saturated rings. The Morgan fingerprint density at radius 3 is 1.43 bits per heavy atom. The summed E-state index contributed by atoms with van der Waals surface area (Å²) < 4.78 is 2.22. The third-order valence-corrected chi connectivity index (χ3v) is 13.0. The summed E-state index contributed by atoms with van der Waals surface area (Å²) in [5.74, 6) is 3.31. The average Bonchev–Trinajstić information content (AvgIpc) is 3.85. The smallest absolute Gasteiger partial charge is 0.169 e. The molecule has 8 aromatic rings. The zero-order valence-corrected chi connectivity index (χ0v) is 46.8. The van der Waals surface area contributed by atoms with Crippen LogP contribution in [-0.4, -0.2) is 39.2 Å². The van der Waals surface area contributed by atoms with Gasteiger partial charge >= 0.3 is 0 Å². The molecule has 2 N–H and O–H groups in total. The molecule has 0 saturated heterocycles. The maximum atomic E-state index is 9.23. The van der Waals surface area contributed by atoms with Crippen molar-refractivity contribution in [2.24, 2.45) is 10.2 Å².